The van der Waals surface area contributed by atoms with Crippen molar-refractivity contribution in [2.75, 3.05) is 0 Å². The maximum Gasteiger partial charge on any atom is 0.314 e. The summed E-state index contributed by atoms with van der Waals surface area (Å²) in [5, 5.41) is 4.26. The highest BCUT2D eigenvalue weighted by atomic mass is 16.6. The van der Waals surface area contributed by atoms with Gasteiger partial charge in [0.05, 0.1) is 18.5 Å². The van der Waals surface area contributed by atoms with Gasteiger partial charge in [0, 0.05) is 19.2 Å². The number of hydrogen-bond acceptors (Lipinski definition) is 4. The molecule has 0 atom stereocenters. The van der Waals surface area contributed by atoms with Crippen LogP contribution < -0.4 is 0 Å². The fourth-order valence-electron chi connectivity index (χ4n) is 1.91. The molecule has 0 unspecified atom stereocenters. The zero-order chi connectivity index (χ0) is 11.0. The molecule has 0 saturated carbocycles. The van der Waals surface area contributed by atoms with Crippen molar-refractivity contribution < 1.29 is 14.3 Å². The van der Waals surface area contributed by atoms with Crippen molar-refractivity contribution >= 4 is 11.9 Å². The van der Waals surface area contributed by atoms with E-state index in [4.69, 9.17) is 0 Å². The summed E-state index contributed by atoms with van der Waals surface area (Å²) < 4.78 is 6.16. The minimum Gasteiger partial charge on any atom is -0.393 e. The molecule has 0 spiro atoms. The summed E-state index contributed by atoms with van der Waals surface area (Å²) in [6.45, 7) is 1.92. The first-order valence-corrected chi connectivity index (χ1v) is 4.80. The van der Waals surface area contributed by atoms with Crippen molar-refractivity contribution in [2.45, 2.75) is 25.7 Å². The predicted octanol–water partition coefficient (Wildman–Crippen LogP) is 0.676. The van der Waals surface area contributed by atoms with E-state index in [0.717, 1.165) is 11.3 Å². The minimum atomic E-state index is -0.457. The standard InChI is InChI=1S/C10H12N2O3/c1-6-5-12(2)11-10(6)7-3-8(13)15-9(14)4-7/h5,7H,3-4H2,1-2H3. The number of esters is 2. The van der Waals surface area contributed by atoms with Crippen LogP contribution in [-0.2, 0) is 21.4 Å². The topological polar surface area (TPSA) is 61.2 Å². The Bertz CT molecular complexity index is 406. The highest BCUT2D eigenvalue weighted by Crippen LogP contribution is 2.28. The Hall–Kier alpha value is -1.65. The third-order valence-electron chi connectivity index (χ3n) is 2.49. The molecule has 2 rings (SSSR count). The number of aryl methyl sites for hydroxylation is 2. The third kappa shape index (κ3) is 1.91. The van der Waals surface area contributed by atoms with Crippen molar-refractivity contribution in [1.29, 1.82) is 0 Å². The Morgan fingerprint density at radius 1 is 1.40 bits per heavy atom. The van der Waals surface area contributed by atoms with E-state index >= 15 is 0 Å². The lowest BCUT2D eigenvalue weighted by atomic mass is 9.94. The second kappa shape index (κ2) is 3.49. The molecular formula is C10H12N2O3. The summed E-state index contributed by atoms with van der Waals surface area (Å²) in [4.78, 5) is 22.2. The molecule has 0 amide bonds. The number of cyclic esters (lactones) is 2. The summed E-state index contributed by atoms with van der Waals surface area (Å²) in [6, 6.07) is 0. The summed E-state index contributed by atoms with van der Waals surface area (Å²) in [5.74, 6) is -1.04. The molecular weight excluding hydrogens is 196 g/mol. The highest BCUT2D eigenvalue weighted by Gasteiger charge is 2.30. The molecule has 0 N–H and O–H groups in total. The van der Waals surface area contributed by atoms with Gasteiger partial charge in [0.25, 0.3) is 0 Å². The lowest BCUT2D eigenvalue weighted by molar-refractivity contribution is -0.164. The number of hydrogen-bond donors (Lipinski definition) is 0. The molecule has 80 valence electrons. The first kappa shape index (κ1) is 9.89. The van der Waals surface area contributed by atoms with Crippen LogP contribution in [0.15, 0.2) is 6.20 Å². The number of rotatable bonds is 1. The molecule has 2 heterocycles. The van der Waals surface area contributed by atoms with Gasteiger partial charge in [-0.25, -0.2) is 0 Å². The monoisotopic (exact) mass is 208 g/mol. The third-order valence-corrected chi connectivity index (χ3v) is 2.49. The molecule has 0 bridgehead atoms. The van der Waals surface area contributed by atoms with E-state index < -0.39 is 11.9 Å². The zero-order valence-electron chi connectivity index (χ0n) is 8.69. The number of aromatic nitrogens is 2. The van der Waals surface area contributed by atoms with E-state index in [-0.39, 0.29) is 18.8 Å². The Balaban J connectivity index is 2.27. The van der Waals surface area contributed by atoms with Crippen molar-refractivity contribution in [1.82, 2.24) is 9.78 Å². The average molecular weight is 208 g/mol. The summed E-state index contributed by atoms with van der Waals surface area (Å²) >= 11 is 0. The van der Waals surface area contributed by atoms with Gasteiger partial charge in [-0.3, -0.25) is 14.3 Å². The van der Waals surface area contributed by atoms with Crippen LogP contribution in [0.5, 0.6) is 0 Å². The maximum absolute atomic E-state index is 11.1. The van der Waals surface area contributed by atoms with E-state index in [0.29, 0.717) is 0 Å². The molecule has 1 aromatic heterocycles. The van der Waals surface area contributed by atoms with Gasteiger partial charge < -0.3 is 4.74 Å². The van der Waals surface area contributed by atoms with Crippen molar-refractivity contribution in [2.24, 2.45) is 7.05 Å². The van der Waals surface area contributed by atoms with Crippen LogP contribution in [-0.4, -0.2) is 21.7 Å². The summed E-state index contributed by atoms with van der Waals surface area (Å²) in [5.41, 5.74) is 1.83. The first-order valence-electron chi connectivity index (χ1n) is 4.80. The molecule has 0 aliphatic carbocycles. The van der Waals surface area contributed by atoms with Gasteiger partial charge in [0.2, 0.25) is 0 Å². The minimum absolute atomic E-state index is 0.125. The van der Waals surface area contributed by atoms with E-state index in [9.17, 15) is 9.59 Å². The smallest absolute Gasteiger partial charge is 0.314 e. The Morgan fingerprint density at radius 2 is 2.00 bits per heavy atom. The molecule has 1 saturated heterocycles. The molecule has 1 aliphatic rings. The van der Waals surface area contributed by atoms with Crippen LogP contribution in [0.2, 0.25) is 0 Å². The lowest BCUT2D eigenvalue weighted by Crippen LogP contribution is -2.24. The van der Waals surface area contributed by atoms with Gasteiger partial charge in [0.1, 0.15) is 0 Å². The van der Waals surface area contributed by atoms with Crippen LogP contribution in [0.25, 0.3) is 0 Å². The molecule has 5 heteroatoms. The zero-order valence-corrected chi connectivity index (χ0v) is 8.69. The molecule has 1 fully saturated rings. The van der Waals surface area contributed by atoms with E-state index in [1.165, 1.54) is 0 Å². The van der Waals surface area contributed by atoms with Crippen molar-refractivity contribution in [3.05, 3.63) is 17.5 Å². The fraction of sp³-hybridized carbons (Fsp3) is 0.500. The van der Waals surface area contributed by atoms with Crippen LogP contribution in [0.3, 0.4) is 0 Å². The van der Waals surface area contributed by atoms with Crippen LogP contribution in [0.4, 0.5) is 0 Å². The average Bonchev–Trinajstić information content (AvgIpc) is 2.43. The molecule has 0 radical (unpaired) electrons. The van der Waals surface area contributed by atoms with Crippen molar-refractivity contribution in [3.63, 3.8) is 0 Å². The fourth-order valence-corrected chi connectivity index (χ4v) is 1.91. The van der Waals surface area contributed by atoms with Gasteiger partial charge in [0.15, 0.2) is 0 Å². The highest BCUT2D eigenvalue weighted by molar-refractivity contribution is 5.89. The number of nitrogens with zero attached hydrogens (tertiary/aromatic N) is 2. The normalized spacial score (nSPS) is 18.0. The van der Waals surface area contributed by atoms with Crippen LogP contribution in [0, 0.1) is 6.92 Å². The Kier molecular flexibility index (Phi) is 2.30. The molecule has 5 nitrogen and oxygen atoms in total. The second-order valence-electron chi connectivity index (χ2n) is 3.82. The predicted molar refractivity (Wildman–Crippen MR) is 51.0 cm³/mol. The number of carbonyl (C=O) groups is 2. The van der Waals surface area contributed by atoms with Crippen molar-refractivity contribution in [3.8, 4) is 0 Å². The van der Waals surface area contributed by atoms with E-state index in [2.05, 4.69) is 9.84 Å². The summed E-state index contributed by atoms with van der Waals surface area (Å²) in [7, 11) is 1.82. The molecule has 0 aromatic carbocycles. The van der Waals surface area contributed by atoms with Gasteiger partial charge >= 0.3 is 11.9 Å². The SMILES string of the molecule is Cc1cn(C)nc1C1CC(=O)OC(=O)C1. The Labute approximate surface area is 87.0 Å². The summed E-state index contributed by atoms with van der Waals surface area (Å²) in [6.07, 6.45) is 2.35. The van der Waals surface area contributed by atoms with E-state index in [1.54, 1.807) is 4.68 Å². The number of carbonyl (C=O) groups excluding carboxylic acids is 2. The largest absolute Gasteiger partial charge is 0.393 e. The van der Waals surface area contributed by atoms with Gasteiger partial charge in [-0.05, 0) is 12.5 Å². The van der Waals surface area contributed by atoms with Crippen LogP contribution >= 0.6 is 0 Å². The molecule has 15 heavy (non-hydrogen) atoms. The Morgan fingerprint density at radius 3 is 2.47 bits per heavy atom. The first-order chi connectivity index (χ1) is 7.06. The molecule has 1 aliphatic heterocycles. The van der Waals surface area contributed by atoms with Gasteiger partial charge in [-0.1, -0.05) is 0 Å². The second-order valence-corrected chi connectivity index (χ2v) is 3.82. The quantitative estimate of drug-likeness (QED) is 0.503. The molecule has 1 aromatic rings. The lowest BCUT2D eigenvalue weighted by Gasteiger charge is -2.18. The van der Waals surface area contributed by atoms with E-state index in [1.807, 2.05) is 20.2 Å². The number of ether oxygens (including phenoxy) is 1. The van der Waals surface area contributed by atoms with Crippen LogP contribution in [0.1, 0.15) is 30.0 Å². The maximum atomic E-state index is 11.1. The van der Waals surface area contributed by atoms with Gasteiger partial charge in [-0.15, -0.1) is 0 Å². The van der Waals surface area contributed by atoms with Gasteiger partial charge in [-0.2, -0.15) is 5.10 Å².